The molecule has 0 bridgehead atoms. The van der Waals surface area contributed by atoms with Crippen LogP contribution in [0.3, 0.4) is 0 Å². The lowest BCUT2D eigenvalue weighted by atomic mass is 9.73. The van der Waals surface area contributed by atoms with Gasteiger partial charge in [0, 0.05) is 22.5 Å². The van der Waals surface area contributed by atoms with Crippen LogP contribution in [0.15, 0.2) is 36.4 Å². The third kappa shape index (κ3) is 3.66. The Morgan fingerprint density at radius 1 is 1.16 bits per heavy atom. The van der Waals surface area contributed by atoms with E-state index in [4.69, 9.17) is 25.6 Å². The van der Waals surface area contributed by atoms with Crippen LogP contribution in [0.1, 0.15) is 38.8 Å². The van der Waals surface area contributed by atoms with Crippen molar-refractivity contribution in [3.8, 4) is 5.75 Å². The fourth-order valence-corrected chi connectivity index (χ4v) is 4.30. The van der Waals surface area contributed by atoms with Gasteiger partial charge in [-0.15, -0.1) is 0 Å². The summed E-state index contributed by atoms with van der Waals surface area (Å²) in [6.45, 7) is 7.64. The molecule has 2 aliphatic heterocycles. The summed E-state index contributed by atoms with van der Waals surface area (Å²) in [6.07, 6.45) is -1.02. The Kier molecular flexibility index (Phi) is 5.23. The molecule has 2 N–H and O–H groups in total. The van der Waals surface area contributed by atoms with Gasteiger partial charge in [-0.3, -0.25) is 0 Å². The highest BCUT2D eigenvalue weighted by molar-refractivity contribution is 6.66. The van der Waals surface area contributed by atoms with E-state index in [1.807, 2.05) is 27.7 Å². The van der Waals surface area contributed by atoms with Gasteiger partial charge in [-0.05, 0) is 51.5 Å². The second kappa shape index (κ2) is 7.40. The van der Waals surface area contributed by atoms with Crippen molar-refractivity contribution in [1.29, 1.82) is 0 Å². The van der Waals surface area contributed by atoms with E-state index in [2.05, 4.69) is 5.32 Å². The van der Waals surface area contributed by atoms with Crippen molar-refractivity contribution in [2.75, 3.05) is 6.54 Å². The Hall–Kier alpha value is -2.29. The van der Waals surface area contributed by atoms with Gasteiger partial charge in [0.05, 0.1) is 17.7 Å². The van der Waals surface area contributed by atoms with Crippen LogP contribution < -0.4 is 15.5 Å². The van der Waals surface area contributed by atoms with Gasteiger partial charge in [-0.2, -0.15) is 0 Å². The number of hydrogen-bond donors (Lipinski definition) is 2. The van der Waals surface area contributed by atoms with Crippen LogP contribution in [0.2, 0.25) is 5.02 Å². The van der Waals surface area contributed by atoms with Gasteiger partial charge in [0.25, 0.3) is 0 Å². The molecule has 1 fully saturated rings. The molecule has 0 unspecified atom stereocenters. The summed E-state index contributed by atoms with van der Waals surface area (Å²) in [4.78, 5) is 11.2. The molecule has 2 aromatic rings. The second-order valence-electron chi connectivity index (χ2n) is 8.94. The molecule has 164 valence electrons. The number of benzene rings is 2. The lowest BCUT2D eigenvalue weighted by molar-refractivity contribution is 0.00578. The van der Waals surface area contributed by atoms with Gasteiger partial charge < -0.3 is 24.5 Å². The number of nitrogens with one attached hydrogen (secondary N) is 1. The molecule has 2 aromatic carbocycles. The van der Waals surface area contributed by atoms with Crippen molar-refractivity contribution in [2.24, 2.45) is 0 Å². The fraction of sp³-hybridized carbons (Fsp3) is 0.409. The maximum absolute atomic E-state index is 14.8. The van der Waals surface area contributed by atoms with E-state index in [1.165, 1.54) is 6.07 Å². The maximum Gasteiger partial charge on any atom is 0.496 e. The lowest BCUT2D eigenvalue weighted by Crippen LogP contribution is -2.45. The number of carboxylic acid groups (broad SMARTS) is 1. The molecule has 0 aromatic heterocycles. The van der Waals surface area contributed by atoms with Crippen molar-refractivity contribution in [3.63, 3.8) is 0 Å². The fourth-order valence-electron chi connectivity index (χ4n) is 4.04. The van der Waals surface area contributed by atoms with Gasteiger partial charge in [-0.1, -0.05) is 29.8 Å². The van der Waals surface area contributed by atoms with E-state index in [9.17, 15) is 14.3 Å². The number of carbonyl (C=O) groups is 1. The van der Waals surface area contributed by atoms with Crippen molar-refractivity contribution < 1.29 is 28.3 Å². The van der Waals surface area contributed by atoms with Crippen molar-refractivity contribution in [3.05, 3.63) is 58.4 Å². The van der Waals surface area contributed by atoms with E-state index in [-0.39, 0.29) is 18.5 Å². The minimum atomic E-state index is -1.27. The smallest absolute Gasteiger partial charge is 0.480 e. The van der Waals surface area contributed by atoms with Gasteiger partial charge in [0.1, 0.15) is 11.6 Å². The summed E-state index contributed by atoms with van der Waals surface area (Å²) in [5.74, 6) is 0.00956. The summed E-state index contributed by atoms with van der Waals surface area (Å²) in [6, 6.07) is 9.58. The topological polar surface area (TPSA) is 77.0 Å². The summed E-state index contributed by atoms with van der Waals surface area (Å²) in [7, 11) is -0.736. The van der Waals surface area contributed by atoms with Gasteiger partial charge in [0.15, 0.2) is 5.60 Å². The van der Waals surface area contributed by atoms with Gasteiger partial charge >= 0.3 is 13.2 Å². The molecule has 0 aliphatic carbocycles. The van der Waals surface area contributed by atoms with E-state index in [0.29, 0.717) is 21.8 Å². The average Bonchev–Trinajstić information content (AvgIpc) is 3.14. The molecule has 0 radical (unpaired) electrons. The molecular formula is C22H24BClFNO5. The summed E-state index contributed by atoms with van der Waals surface area (Å²) < 4.78 is 33.4. The first-order chi connectivity index (χ1) is 14.5. The monoisotopic (exact) mass is 447 g/mol. The lowest BCUT2D eigenvalue weighted by Gasteiger charge is -2.32. The molecule has 0 saturated carbocycles. The Bertz CT molecular complexity index is 1030. The Morgan fingerprint density at radius 2 is 1.81 bits per heavy atom. The number of fused-ring (bicyclic) bond motifs is 1. The van der Waals surface area contributed by atoms with Crippen molar-refractivity contribution in [2.45, 2.75) is 50.9 Å². The quantitative estimate of drug-likeness (QED) is 0.696. The molecule has 9 heteroatoms. The standard InChI is InChI=1S/C22H24BClFNO5/c1-20(2)21(3,4)31-23(30-20)18-13-11-22(12-26-19(27)28,14-7-5-6-8-16(14)25)29-17(13)10-9-15(18)24/h5-10,26H,11-12H2,1-4H3,(H,27,28)/t22-/m1/s1. The highest BCUT2D eigenvalue weighted by atomic mass is 35.5. The Labute approximate surface area is 185 Å². The number of amides is 1. The summed E-state index contributed by atoms with van der Waals surface area (Å²) >= 11 is 6.57. The third-order valence-corrected chi connectivity index (χ3v) is 6.74. The zero-order valence-electron chi connectivity index (χ0n) is 17.8. The van der Waals surface area contributed by atoms with Crippen LogP contribution in [-0.2, 0) is 21.3 Å². The molecule has 1 amide bonds. The zero-order chi connectivity index (χ0) is 22.6. The Morgan fingerprint density at radius 3 is 2.42 bits per heavy atom. The SMILES string of the molecule is CC1(C)OB(c2c(Cl)ccc3c2C[C@@](CNC(=O)O)(c2ccccc2F)O3)OC1(C)C. The van der Waals surface area contributed by atoms with Crippen LogP contribution in [0.25, 0.3) is 0 Å². The highest BCUT2D eigenvalue weighted by Crippen LogP contribution is 2.44. The first-order valence-electron chi connectivity index (χ1n) is 10.0. The molecule has 2 heterocycles. The first-order valence-corrected chi connectivity index (χ1v) is 10.4. The normalized spacial score (nSPS) is 23.4. The molecule has 1 atom stereocenters. The van der Waals surface area contributed by atoms with E-state index >= 15 is 0 Å². The van der Waals surface area contributed by atoms with Gasteiger partial charge in [-0.25, -0.2) is 9.18 Å². The van der Waals surface area contributed by atoms with E-state index < -0.39 is 35.8 Å². The summed E-state index contributed by atoms with van der Waals surface area (Å²) in [5, 5.41) is 12.0. The van der Waals surface area contributed by atoms with Crippen LogP contribution >= 0.6 is 11.6 Å². The van der Waals surface area contributed by atoms with Crippen molar-refractivity contribution >= 4 is 30.3 Å². The zero-order valence-corrected chi connectivity index (χ0v) is 18.5. The second-order valence-corrected chi connectivity index (χ2v) is 9.34. The van der Waals surface area contributed by atoms with Crippen molar-refractivity contribution in [1.82, 2.24) is 5.32 Å². The van der Waals surface area contributed by atoms with Gasteiger partial charge in [0.2, 0.25) is 0 Å². The van der Waals surface area contributed by atoms with Crippen LogP contribution in [0.4, 0.5) is 9.18 Å². The number of halogens is 2. The van der Waals surface area contributed by atoms with E-state index in [1.54, 1.807) is 30.3 Å². The van der Waals surface area contributed by atoms with Crippen LogP contribution in [0.5, 0.6) is 5.75 Å². The number of rotatable bonds is 4. The molecular weight excluding hydrogens is 424 g/mol. The third-order valence-electron chi connectivity index (χ3n) is 6.41. The highest BCUT2D eigenvalue weighted by Gasteiger charge is 2.54. The molecule has 0 spiro atoms. The molecule has 6 nitrogen and oxygen atoms in total. The van der Waals surface area contributed by atoms with Crippen LogP contribution in [0, 0.1) is 5.82 Å². The number of ether oxygens (including phenoxy) is 1. The predicted molar refractivity (Wildman–Crippen MR) is 116 cm³/mol. The maximum atomic E-state index is 14.8. The summed E-state index contributed by atoms with van der Waals surface area (Å²) in [5.41, 5.74) is -0.827. The number of hydrogen-bond acceptors (Lipinski definition) is 4. The molecule has 2 aliphatic rings. The van der Waals surface area contributed by atoms with E-state index in [0.717, 1.165) is 0 Å². The minimum Gasteiger partial charge on any atom is -0.480 e. The predicted octanol–water partition coefficient (Wildman–Crippen LogP) is 3.88. The Balaban J connectivity index is 1.79. The average molecular weight is 448 g/mol. The van der Waals surface area contributed by atoms with Crippen LogP contribution in [-0.4, -0.2) is 36.1 Å². The molecule has 1 saturated heterocycles. The minimum absolute atomic E-state index is 0.141. The largest absolute Gasteiger partial charge is 0.496 e. The molecule has 31 heavy (non-hydrogen) atoms. The first kappa shape index (κ1) is 21.9. The molecule has 4 rings (SSSR count).